The number of nitrogens with two attached hydrogens (primary N) is 1. The van der Waals surface area contributed by atoms with Crippen molar-refractivity contribution in [3.05, 3.63) is 29.3 Å². The molecule has 0 atom stereocenters. The summed E-state index contributed by atoms with van der Waals surface area (Å²) in [6.45, 7) is 4.03. The standard InChI is InChI=1S/C12H15N5O2/c1-7-4-5-9(6-8(7)2)19-12-15-10(17-13)14-11(16-12)18-3/h4-6H,13H2,1-3H3,(H,14,15,16,17). The summed E-state index contributed by atoms with van der Waals surface area (Å²) >= 11 is 0. The number of nitrogens with one attached hydrogen (secondary N) is 1. The van der Waals surface area contributed by atoms with Crippen molar-refractivity contribution < 1.29 is 9.47 Å². The summed E-state index contributed by atoms with van der Waals surface area (Å²) in [6.07, 6.45) is 0. The van der Waals surface area contributed by atoms with Crippen LogP contribution in [0.15, 0.2) is 18.2 Å². The zero-order valence-electron chi connectivity index (χ0n) is 11.0. The van der Waals surface area contributed by atoms with Gasteiger partial charge in [-0.2, -0.15) is 9.97 Å². The van der Waals surface area contributed by atoms with Gasteiger partial charge in [0.1, 0.15) is 5.75 Å². The molecular formula is C12H15N5O2. The molecule has 0 unspecified atom stereocenters. The van der Waals surface area contributed by atoms with E-state index in [2.05, 4.69) is 20.4 Å². The van der Waals surface area contributed by atoms with Crippen LogP contribution in [0, 0.1) is 13.8 Å². The van der Waals surface area contributed by atoms with Gasteiger partial charge < -0.3 is 9.47 Å². The molecule has 0 aliphatic rings. The molecule has 0 amide bonds. The van der Waals surface area contributed by atoms with Crippen LogP contribution in [0.25, 0.3) is 0 Å². The SMILES string of the molecule is COc1nc(NN)nc(Oc2ccc(C)c(C)c2)n1. The average molecular weight is 261 g/mol. The van der Waals surface area contributed by atoms with Crippen LogP contribution in [0.5, 0.6) is 17.8 Å². The number of ether oxygens (including phenoxy) is 2. The van der Waals surface area contributed by atoms with Crippen molar-refractivity contribution in [3.63, 3.8) is 0 Å². The van der Waals surface area contributed by atoms with E-state index in [-0.39, 0.29) is 18.0 Å². The zero-order chi connectivity index (χ0) is 13.8. The molecule has 100 valence electrons. The van der Waals surface area contributed by atoms with Gasteiger partial charge in [-0.25, -0.2) is 5.84 Å². The Morgan fingerprint density at radius 1 is 1.05 bits per heavy atom. The molecule has 2 rings (SSSR count). The number of methoxy groups -OCH3 is 1. The molecule has 0 spiro atoms. The van der Waals surface area contributed by atoms with Gasteiger partial charge in [0, 0.05) is 0 Å². The Hall–Kier alpha value is -2.41. The molecule has 0 saturated heterocycles. The molecule has 0 aliphatic heterocycles. The smallest absolute Gasteiger partial charge is 0.330 e. The summed E-state index contributed by atoms with van der Waals surface area (Å²) in [5, 5.41) is 0. The molecule has 1 aromatic heterocycles. The summed E-state index contributed by atoms with van der Waals surface area (Å²) in [5.74, 6) is 6.08. The minimum atomic E-state index is 0.114. The van der Waals surface area contributed by atoms with Gasteiger partial charge in [-0.15, -0.1) is 4.98 Å². The van der Waals surface area contributed by atoms with Gasteiger partial charge in [-0.05, 0) is 37.1 Å². The molecule has 0 aliphatic carbocycles. The van der Waals surface area contributed by atoms with E-state index in [1.807, 2.05) is 32.0 Å². The van der Waals surface area contributed by atoms with Crippen molar-refractivity contribution in [2.24, 2.45) is 5.84 Å². The molecule has 1 aromatic carbocycles. The summed E-state index contributed by atoms with van der Waals surface area (Å²) < 4.78 is 10.5. The second kappa shape index (κ2) is 5.49. The van der Waals surface area contributed by atoms with Gasteiger partial charge in [0.05, 0.1) is 7.11 Å². The van der Waals surface area contributed by atoms with Crippen LogP contribution in [0.1, 0.15) is 11.1 Å². The fraction of sp³-hybridized carbons (Fsp3) is 0.250. The lowest BCUT2D eigenvalue weighted by molar-refractivity contribution is 0.360. The molecule has 2 aromatic rings. The normalized spacial score (nSPS) is 10.1. The highest BCUT2D eigenvalue weighted by Gasteiger charge is 2.08. The molecule has 0 bridgehead atoms. The van der Waals surface area contributed by atoms with Gasteiger partial charge in [0.25, 0.3) is 0 Å². The summed E-state index contributed by atoms with van der Waals surface area (Å²) in [5.41, 5.74) is 4.63. The Labute approximate surface area is 110 Å². The molecule has 1 heterocycles. The Bertz CT molecular complexity index is 566. The van der Waals surface area contributed by atoms with Crippen LogP contribution >= 0.6 is 0 Å². The third kappa shape index (κ3) is 3.08. The first-order valence-electron chi connectivity index (χ1n) is 5.64. The fourth-order valence-corrected chi connectivity index (χ4v) is 1.42. The van der Waals surface area contributed by atoms with Gasteiger partial charge in [-0.3, -0.25) is 5.43 Å². The van der Waals surface area contributed by atoms with Crippen LogP contribution < -0.4 is 20.7 Å². The van der Waals surface area contributed by atoms with Crippen LogP contribution in [-0.2, 0) is 0 Å². The van der Waals surface area contributed by atoms with Gasteiger partial charge in [-0.1, -0.05) is 6.07 Å². The topological polar surface area (TPSA) is 95.2 Å². The minimum absolute atomic E-state index is 0.114. The van der Waals surface area contributed by atoms with Crippen molar-refractivity contribution in [2.45, 2.75) is 13.8 Å². The lowest BCUT2D eigenvalue weighted by Gasteiger charge is -2.08. The number of nitrogens with zero attached hydrogens (tertiary/aromatic N) is 3. The molecule has 0 radical (unpaired) electrons. The molecular weight excluding hydrogens is 246 g/mol. The second-order valence-electron chi connectivity index (χ2n) is 3.92. The minimum Gasteiger partial charge on any atom is -0.467 e. The third-order valence-corrected chi connectivity index (χ3v) is 2.59. The first-order valence-corrected chi connectivity index (χ1v) is 5.64. The zero-order valence-corrected chi connectivity index (χ0v) is 11.0. The number of hydrogen-bond donors (Lipinski definition) is 2. The Kier molecular flexibility index (Phi) is 3.76. The molecule has 7 heteroatoms. The number of hydrazine groups is 1. The fourth-order valence-electron chi connectivity index (χ4n) is 1.42. The maximum atomic E-state index is 5.56. The summed E-state index contributed by atoms with van der Waals surface area (Å²) in [7, 11) is 1.45. The highest BCUT2D eigenvalue weighted by atomic mass is 16.5. The average Bonchev–Trinajstić information content (AvgIpc) is 2.42. The van der Waals surface area contributed by atoms with Crippen LogP contribution in [-0.4, -0.2) is 22.1 Å². The van der Waals surface area contributed by atoms with E-state index in [1.54, 1.807) is 0 Å². The molecule has 7 nitrogen and oxygen atoms in total. The quantitative estimate of drug-likeness (QED) is 0.637. The predicted octanol–water partition coefficient (Wildman–Crippen LogP) is 1.57. The number of anilines is 1. The highest BCUT2D eigenvalue weighted by Crippen LogP contribution is 2.22. The summed E-state index contributed by atoms with van der Waals surface area (Å²) in [4.78, 5) is 11.9. The van der Waals surface area contributed by atoms with Crippen LogP contribution in [0.3, 0.4) is 0 Å². The monoisotopic (exact) mass is 261 g/mol. The van der Waals surface area contributed by atoms with Gasteiger partial charge >= 0.3 is 12.0 Å². The van der Waals surface area contributed by atoms with Crippen molar-refractivity contribution in [1.82, 2.24) is 15.0 Å². The van der Waals surface area contributed by atoms with E-state index in [4.69, 9.17) is 15.3 Å². The lowest BCUT2D eigenvalue weighted by Crippen LogP contribution is -2.12. The lowest BCUT2D eigenvalue weighted by atomic mass is 10.1. The number of benzene rings is 1. The van der Waals surface area contributed by atoms with Gasteiger partial charge in [0.15, 0.2) is 0 Å². The number of aromatic nitrogens is 3. The van der Waals surface area contributed by atoms with E-state index < -0.39 is 0 Å². The number of aryl methyl sites for hydroxylation is 2. The maximum absolute atomic E-state index is 5.56. The van der Waals surface area contributed by atoms with E-state index in [1.165, 1.54) is 12.7 Å². The van der Waals surface area contributed by atoms with Crippen molar-refractivity contribution >= 4 is 5.95 Å². The van der Waals surface area contributed by atoms with Crippen LogP contribution in [0.4, 0.5) is 5.95 Å². The third-order valence-electron chi connectivity index (χ3n) is 2.59. The molecule has 0 saturated carbocycles. The molecule has 0 fully saturated rings. The van der Waals surface area contributed by atoms with Crippen LogP contribution in [0.2, 0.25) is 0 Å². The molecule has 3 N–H and O–H groups in total. The van der Waals surface area contributed by atoms with E-state index in [9.17, 15) is 0 Å². The maximum Gasteiger partial charge on any atom is 0.330 e. The number of hydrogen-bond acceptors (Lipinski definition) is 7. The van der Waals surface area contributed by atoms with E-state index in [0.717, 1.165) is 5.56 Å². The first-order chi connectivity index (χ1) is 9.12. The van der Waals surface area contributed by atoms with Gasteiger partial charge in [0.2, 0.25) is 5.95 Å². The Morgan fingerprint density at radius 2 is 1.79 bits per heavy atom. The van der Waals surface area contributed by atoms with Crippen molar-refractivity contribution in [2.75, 3.05) is 12.5 Å². The number of nitrogen functional groups attached to an aromatic ring is 1. The van der Waals surface area contributed by atoms with E-state index >= 15 is 0 Å². The van der Waals surface area contributed by atoms with E-state index in [0.29, 0.717) is 5.75 Å². The second-order valence-corrected chi connectivity index (χ2v) is 3.92. The largest absolute Gasteiger partial charge is 0.467 e. The van der Waals surface area contributed by atoms with Crippen molar-refractivity contribution in [3.8, 4) is 17.8 Å². The number of rotatable bonds is 4. The van der Waals surface area contributed by atoms with Crippen molar-refractivity contribution in [1.29, 1.82) is 0 Å². The Balaban J connectivity index is 2.29. The summed E-state index contributed by atoms with van der Waals surface area (Å²) in [6, 6.07) is 5.95. The first kappa shape index (κ1) is 13.0. The Morgan fingerprint density at radius 3 is 2.42 bits per heavy atom. The molecule has 19 heavy (non-hydrogen) atoms. The predicted molar refractivity (Wildman–Crippen MR) is 70.2 cm³/mol. The highest BCUT2D eigenvalue weighted by molar-refractivity contribution is 5.36.